The Morgan fingerprint density at radius 1 is 1.12 bits per heavy atom. The van der Waals surface area contributed by atoms with Crippen LogP contribution in [0.25, 0.3) is 0 Å². The SMILES string of the molecule is O=C(NC1CC(c2cc(=O)[nH]c(N3CCCC3)n2)C1)C1CCCCC1. The van der Waals surface area contributed by atoms with Gasteiger partial charge in [-0.25, -0.2) is 4.98 Å². The maximum absolute atomic E-state index is 12.3. The first kappa shape index (κ1) is 16.6. The fraction of sp³-hybridized carbons (Fsp3) is 0.737. The average Bonchev–Trinajstić information content (AvgIpc) is 3.12. The normalized spacial score (nSPS) is 27.1. The molecule has 0 radical (unpaired) electrons. The van der Waals surface area contributed by atoms with E-state index in [0.717, 1.165) is 63.3 Å². The van der Waals surface area contributed by atoms with Gasteiger partial charge in [0.05, 0.1) is 5.69 Å². The van der Waals surface area contributed by atoms with Crippen molar-refractivity contribution in [3.05, 3.63) is 22.1 Å². The van der Waals surface area contributed by atoms with Crippen molar-refractivity contribution < 1.29 is 4.79 Å². The predicted molar refractivity (Wildman–Crippen MR) is 96.8 cm³/mol. The van der Waals surface area contributed by atoms with E-state index in [0.29, 0.717) is 5.92 Å². The van der Waals surface area contributed by atoms with Crippen LogP contribution in [0.5, 0.6) is 0 Å². The molecule has 6 heteroatoms. The second-order valence-electron chi connectivity index (χ2n) is 7.90. The number of carbonyl (C=O) groups is 1. The Balaban J connectivity index is 1.34. The zero-order chi connectivity index (χ0) is 17.2. The van der Waals surface area contributed by atoms with Gasteiger partial charge in [-0.15, -0.1) is 0 Å². The molecule has 1 aliphatic heterocycles. The molecule has 1 aromatic heterocycles. The molecule has 3 aliphatic rings. The van der Waals surface area contributed by atoms with Gasteiger partial charge in [0.1, 0.15) is 0 Å². The molecule has 0 bridgehead atoms. The lowest BCUT2D eigenvalue weighted by Crippen LogP contribution is -2.46. The summed E-state index contributed by atoms with van der Waals surface area (Å²) in [6.45, 7) is 1.94. The van der Waals surface area contributed by atoms with Crippen LogP contribution in [0.4, 0.5) is 5.95 Å². The number of anilines is 1. The zero-order valence-corrected chi connectivity index (χ0v) is 14.8. The lowest BCUT2D eigenvalue weighted by molar-refractivity contribution is -0.127. The van der Waals surface area contributed by atoms with Gasteiger partial charge in [-0.1, -0.05) is 19.3 Å². The van der Waals surface area contributed by atoms with Crippen molar-refractivity contribution >= 4 is 11.9 Å². The van der Waals surface area contributed by atoms with Crippen LogP contribution in [-0.2, 0) is 4.79 Å². The van der Waals surface area contributed by atoms with Gasteiger partial charge >= 0.3 is 0 Å². The lowest BCUT2D eigenvalue weighted by Gasteiger charge is -2.36. The van der Waals surface area contributed by atoms with Crippen LogP contribution >= 0.6 is 0 Å². The van der Waals surface area contributed by atoms with Gasteiger partial charge in [-0.05, 0) is 38.5 Å². The number of hydrogen-bond acceptors (Lipinski definition) is 4. The maximum Gasteiger partial charge on any atom is 0.252 e. The first-order chi connectivity index (χ1) is 12.2. The van der Waals surface area contributed by atoms with Crippen molar-refractivity contribution in [2.45, 2.75) is 69.7 Å². The summed E-state index contributed by atoms with van der Waals surface area (Å²) in [5, 5.41) is 3.21. The third kappa shape index (κ3) is 3.72. The van der Waals surface area contributed by atoms with Crippen molar-refractivity contribution in [3.63, 3.8) is 0 Å². The molecular formula is C19H28N4O2. The number of hydrogen-bond donors (Lipinski definition) is 2. The van der Waals surface area contributed by atoms with E-state index in [2.05, 4.69) is 15.2 Å². The fourth-order valence-electron chi connectivity index (χ4n) is 4.41. The highest BCUT2D eigenvalue weighted by Gasteiger charge is 2.34. The van der Waals surface area contributed by atoms with Crippen molar-refractivity contribution in [2.24, 2.45) is 5.92 Å². The van der Waals surface area contributed by atoms with Crippen LogP contribution < -0.4 is 15.8 Å². The van der Waals surface area contributed by atoms with Crippen LogP contribution in [0.2, 0.25) is 0 Å². The molecule has 1 aromatic rings. The first-order valence-corrected chi connectivity index (χ1v) is 9.85. The molecule has 2 saturated carbocycles. The summed E-state index contributed by atoms with van der Waals surface area (Å²) in [4.78, 5) is 34.1. The second-order valence-corrected chi connectivity index (χ2v) is 7.90. The summed E-state index contributed by atoms with van der Waals surface area (Å²) >= 11 is 0. The predicted octanol–water partition coefficient (Wildman–Crippen LogP) is 2.31. The molecule has 25 heavy (non-hydrogen) atoms. The standard InChI is InChI=1S/C19H28N4O2/c24-17-12-16(21-19(22-17)23-8-4-5-9-23)14-10-15(11-14)20-18(25)13-6-2-1-3-7-13/h12-15H,1-11H2,(H,20,25)(H,21,22,24). The highest BCUT2D eigenvalue weighted by molar-refractivity contribution is 5.79. The summed E-state index contributed by atoms with van der Waals surface area (Å²) in [5.41, 5.74) is 0.815. The van der Waals surface area contributed by atoms with Gasteiger partial charge in [0, 0.05) is 37.0 Å². The van der Waals surface area contributed by atoms with Crippen molar-refractivity contribution in [2.75, 3.05) is 18.0 Å². The summed E-state index contributed by atoms with van der Waals surface area (Å²) < 4.78 is 0. The molecule has 0 atom stereocenters. The van der Waals surface area contributed by atoms with Crippen molar-refractivity contribution in [1.29, 1.82) is 0 Å². The molecule has 2 aliphatic carbocycles. The Hall–Kier alpha value is -1.85. The van der Waals surface area contributed by atoms with Crippen LogP contribution in [-0.4, -0.2) is 35.0 Å². The Morgan fingerprint density at radius 2 is 1.84 bits per heavy atom. The van der Waals surface area contributed by atoms with Crippen LogP contribution in [0.1, 0.15) is 69.4 Å². The summed E-state index contributed by atoms with van der Waals surface area (Å²) in [6, 6.07) is 1.87. The number of nitrogens with one attached hydrogen (secondary N) is 2. The van der Waals surface area contributed by atoms with Crippen LogP contribution in [0.3, 0.4) is 0 Å². The van der Waals surface area contributed by atoms with E-state index in [4.69, 9.17) is 4.98 Å². The largest absolute Gasteiger partial charge is 0.353 e. The summed E-state index contributed by atoms with van der Waals surface area (Å²) in [6.07, 6.45) is 9.82. The minimum Gasteiger partial charge on any atom is -0.353 e. The van der Waals surface area contributed by atoms with Gasteiger partial charge in [-0.3, -0.25) is 14.6 Å². The second kappa shape index (κ2) is 7.18. The summed E-state index contributed by atoms with van der Waals surface area (Å²) in [7, 11) is 0. The lowest BCUT2D eigenvalue weighted by atomic mass is 9.77. The van der Waals surface area contributed by atoms with E-state index in [1.165, 1.54) is 19.3 Å². The number of nitrogens with zero attached hydrogens (tertiary/aromatic N) is 2. The Labute approximate surface area is 148 Å². The molecule has 136 valence electrons. The molecule has 1 saturated heterocycles. The van der Waals surface area contributed by atoms with Crippen molar-refractivity contribution in [1.82, 2.24) is 15.3 Å². The molecule has 4 rings (SSSR count). The number of aromatic nitrogens is 2. The number of H-pyrrole nitrogens is 1. The molecule has 0 spiro atoms. The molecule has 3 fully saturated rings. The number of aromatic amines is 1. The molecule has 1 amide bonds. The van der Waals surface area contributed by atoms with Gasteiger partial charge < -0.3 is 10.2 Å². The smallest absolute Gasteiger partial charge is 0.252 e. The Morgan fingerprint density at radius 3 is 2.56 bits per heavy atom. The highest BCUT2D eigenvalue weighted by Crippen LogP contribution is 2.36. The molecule has 0 unspecified atom stereocenters. The van der Waals surface area contributed by atoms with Crippen LogP contribution in [0.15, 0.2) is 10.9 Å². The quantitative estimate of drug-likeness (QED) is 0.879. The van der Waals surface area contributed by atoms with E-state index < -0.39 is 0 Å². The first-order valence-electron chi connectivity index (χ1n) is 9.85. The highest BCUT2D eigenvalue weighted by atomic mass is 16.2. The van der Waals surface area contributed by atoms with E-state index >= 15 is 0 Å². The van der Waals surface area contributed by atoms with Gasteiger partial charge in [-0.2, -0.15) is 0 Å². The van der Waals surface area contributed by atoms with E-state index in [1.807, 2.05) is 0 Å². The monoisotopic (exact) mass is 344 g/mol. The molecular weight excluding hydrogens is 316 g/mol. The van der Waals surface area contributed by atoms with Crippen molar-refractivity contribution in [3.8, 4) is 0 Å². The van der Waals surface area contributed by atoms with Crippen LogP contribution in [0, 0.1) is 5.92 Å². The minimum atomic E-state index is -0.0680. The number of rotatable bonds is 4. The summed E-state index contributed by atoms with van der Waals surface area (Å²) in [5.74, 6) is 1.46. The molecule has 0 aromatic carbocycles. The molecule has 2 heterocycles. The van der Waals surface area contributed by atoms with E-state index in [-0.39, 0.29) is 23.4 Å². The van der Waals surface area contributed by atoms with Gasteiger partial charge in [0.15, 0.2) is 0 Å². The van der Waals surface area contributed by atoms with Gasteiger partial charge in [0.2, 0.25) is 11.9 Å². The minimum absolute atomic E-state index is 0.0680. The topological polar surface area (TPSA) is 78.1 Å². The third-order valence-corrected chi connectivity index (χ3v) is 6.03. The average molecular weight is 344 g/mol. The number of amides is 1. The van der Waals surface area contributed by atoms with Gasteiger partial charge in [0.25, 0.3) is 5.56 Å². The fourth-order valence-corrected chi connectivity index (χ4v) is 4.41. The Kier molecular flexibility index (Phi) is 4.77. The maximum atomic E-state index is 12.3. The molecule has 2 N–H and O–H groups in total. The van der Waals surface area contributed by atoms with E-state index in [9.17, 15) is 9.59 Å². The Bertz CT molecular complexity index is 668. The third-order valence-electron chi connectivity index (χ3n) is 6.03. The number of carbonyl (C=O) groups excluding carboxylic acids is 1. The molecule has 6 nitrogen and oxygen atoms in total. The van der Waals surface area contributed by atoms with E-state index in [1.54, 1.807) is 6.07 Å². The zero-order valence-electron chi connectivity index (χ0n) is 14.8.